The van der Waals surface area contributed by atoms with Crippen LogP contribution in [0.25, 0.3) is 0 Å². The summed E-state index contributed by atoms with van der Waals surface area (Å²) in [4.78, 5) is 22.7. The van der Waals surface area contributed by atoms with Gasteiger partial charge in [-0.1, -0.05) is 34.6 Å². The Kier molecular flexibility index (Phi) is 7.60. The highest BCUT2D eigenvalue weighted by Crippen LogP contribution is 2.34. The van der Waals surface area contributed by atoms with Gasteiger partial charge in [0.25, 0.3) is 0 Å². The van der Waals surface area contributed by atoms with Crippen LogP contribution in [-0.4, -0.2) is 22.2 Å². The maximum atomic E-state index is 11.5. The zero-order valence-electron chi connectivity index (χ0n) is 15.3. The fourth-order valence-electron chi connectivity index (χ4n) is 3.28. The Bertz CT molecular complexity index is 379. The van der Waals surface area contributed by atoms with E-state index < -0.39 is 17.4 Å². The quantitative estimate of drug-likeness (QED) is 0.648. The van der Waals surface area contributed by atoms with Crippen molar-refractivity contribution >= 4 is 11.9 Å². The van der Waals surface area contributed by atoms with Crippen LogP contribution in [0.15, 0.2) is 0 Å². The third kappa shape index (κ3) is 7.81. The summed E-state index contributed by atoms with van der Waals surface area (Å²) in [5.41, 5.74) is -0.640. The van der Waals surface area contributed by atoms with Crippen LogP contribution >= 0.6 is 0 Å². The van der Waals surface area contributed by atoms with Crippen molar-refractivity contribution in [3.05, 3.63) is 0 Å². The Balaban J connectivity index is 4.60. The average molecular weight is 314 g/mol. The normalized spacial score (nSPS) is 16.9. The molecule has 3 atom stereocenters. The minimum Gasteiger partial charge on any atom is -0.481 e. The topological polar surface area (TPSA) is 74.6 Å². The van der Waals surface area contributed by atoms with Crippen LogP contribution in [0.1, 0.15) is 74.1 Å². The van der Waals surface area contributed by atoms with E-state index in [1.165, 1.54) is 0 Å². The second-order valence-corrected chi connectivity index (χ2v) is 8.76. The summed E-state index contributed by atoms with van der Waals surface area (Å²) in [6.07, 6.45) is 2.81. The van der Waals surface area contributed by atoms with E-state index in [0.717, 1.165) is 12.8 Å². The van der Waals surface area contributed by atoms with Crippen LogP contribution in [0.2, 0.25) is 0 Å². The molecule has 4 heteroatoms. The molecule has 0 saturated carbocycles. The summed E-state index contributed by atoms with van der Waals surface area (Å²) in [5, 5.41) is 18.7. The van der Waals surface area contributed by atoms with Gasteiger partial charge < -0.3 is 10.2 Å². The van der Waals surface area contributed by atoms with E-state index in [-0.39, 0.29) is 23.2 Å². The van der Waals surface area contributed by atoms with Crippen molar-refractivity contribution < 1.29 is 19.8 Å². The first kappa shape index (κ1) is 20.9. The molecule has 0 fully saturated rings. The molecule has 0 radical (unpaired) electrons. The number of hydrogen-bond donors (Lipinski definition) is 2. The molecule has 0 saturated heterocycles. The molecule has 0 aromatic heterocycles. The van der Waals surface area contributed by atoms with Gasteiger partial charge in [-0.2, -0.15) is 0 Å². The van der Waals surface area contributed by atoms with Crippen molar-refractivity contribution in [1.82, 2.24) is 0 Å². The largest absolute Gasteiger partial charge is 0.481 e. The first-order valence-electron chi connectivity index (χ1n) is 8.22. The fourth-order valence-corrected chi connectivity index (χ4v) is 3.28. The highest BCUT2D eigenvalue weighted by molar-refractivity contribution is 5.73. The summed E-state index contributed by atoms with van der Waals surface area (Å²) in [7, 11) is 0. The van der Waals surface area contributed by atoms with Gasteiger partial charge in [-0.25, -0.2) is 0 Å². The van der Waals surface area contributed by atoms with Crippen LogP contribution < -0.4 is 0 Å². The van der Waals surface area contributed by atoms with Gasteiger partial charge in [0.2, 0.25) is 0 Å². The maximum absolute atomic E-state index is 11.5. The number of carboxylic acids is 2. The van der Waals surface area contributed by atoms with E-state index >= 15 is 0 Å². The van der Waals surface area contributed by atoms with Crippen molar-refractivity contribution in [2.75, 3.05) is 0 Å². The molecule has 22 heavy (non-hydrogen) atoms. The monoisotopic (exact) mass is 314 g/mol. The van der Waals surface area contributed by atoms with Crippen LogP contribution in [0, 0.1) is 28.6 Å². The number of rotatable bonds is 9. The Labute approximate surface area is 135 Å². The molecule has 3 unspecified atom stereocenters. The third-order valence-electron chi connectivity index (χ3n) is 4.35. The summed E-state index contributed by atoms with van der Waals surface area (Å²) < 4.78 is 0. The zero-order chi connectivity index (χ0) is 17.7. The molecule has 130 valence electrons. The minimum absolute atomic E-state index is 0.115. The molecule has 0 amide bonds. The van der Waals surface area contributed by atoms with Gasteiger partial charge in [0.15, 0.2) is 0 Å². The molecule has 0 bridgehead atoms. The Hall–Kier alpha value is -1.06. The minimum atomic E-state index is -0.796. The summed E-state index contributed by atoms with van der Waals surface area (Å²) in [5.74, 6) is -1.56. The van der Waals surface area contributed by atoms with Crippen molar-refractivity contribution in [3.63, 3.8) is 0 Å². The molecule has 0 rings (SSSR count). The SMILES string of the molecule is CC(CCC(C(=O)O)C(C)CC(C)(C)C)CC(C)(C)C(=O)O. The molecule has 0 spiro atoms. The van der Waals surface area contributed by atoms with E-state index in [1.807, 2.05) is 13.8 Å². The van der Waals surface area contributed by atoms with Crippen molar-refractivity contribution in [2.24, 2.45) is 28.6 Å². The predicted octanol–water partition coefficient (Wildman–Crippen LogP) is 4.68. The molecule has 2 N–H and O–H groups in total. The van der Waals surface area contributed by atoms with E-state index in [4.69, 9.17) is 0 Å². The van der Waals surface area contributed by atoms with E-state index in [9.17, 15) is 19.8 Å². The highest BCUT2D eigenvalue weighted by atomic mass is 16.4. The molecule has 0 aliphatic carbocycles. The predicted molar refractivity (Wildman–Crippen MR) is 88.8 cm³/mol. The molecule has 0 heterocycles. The van der Waals surface area contributed by atoms with Gasteiger partial charge in [0, 0.05) is 0 Å². The lowest BCUT2D eigenvalue weighted by Gasteiger charge is -2.29. The van der Waals surface area contributed by atoms with Crippen LogP contribution in [0.4, 0.5) is 0 Å². The lowest BCUT2D eigenvalue weighted by molar-refractivity contribution is -0.148. The van der Waals surface area contributed by atoms with Gasteiger partial charge in [0.1, 0.15) is 0 Å². The van der Waals surface area contributed by atoms with Gasteiger partial charge in [-0.15, -0.1) is 0 Å². The maximum Gasteiger partial charge on any atom is 0.309 e. The Morgan fingerprint density at radius 3 is 1.77 bits per heavy atom. The standard InChI is InChI=1S/C18H34O4/c1-12(10-18(6,7)16(21)22)8-9-14(15(19)20)13(2)11-17(3,4)5/h12-14H,8-11H2,1-7H3,(H,19,20)(H,21,22). The Morgan fingerprint density at radius 2 is 1.41 bits per heavy atom. The van der Waals surface area contributed by atoms with Gasteiger partial charge in [-0.3, -0.25) is 9.59 Å². The molecule has 0 aliphatic rings. The second kappa shape index (κ2) is 7.98. The molecule has 0 aromatic carbocycles. The van der Waals surface area contributed by atoms with Crippen LogP contribution in [0.3, 0.4) is 0 Å². The number of aliphatic carboxylic acids is 2. The number of carboxylic acid groups (broad SMARTS) is 2. The molecule has 0 aliphatic heterocycles. The van der Waals surface area contributed by atoms with Crippen LogP contribution in [0.5, 0.6) is 0 Å². The van der Waals surface area contributed by atoms with Crippen molar-refractivity contribution in [1.29, 1.82) is 0 Å². The molecule has 4 nitrogen and oxygen atoms in total. The molecular weight excluding hydrogens is 280 g/mol. The van der Waals surface area contributed by atoms with Crippen LogP contribution in [-0.2, 0) is 9.59 Å². The third-order valence-corrected chi connectivity index (χ3v) is 4.35. The van der Waals surface area contributed by atoms with Crippen molar-refractivity contribution in [2.45, 2.75) is 74.1 Å². The van der Waals surface area contributed by atoms with Gasteiger partial charge in [-0.05, 0) is 56.8 Å². The lowest BCUT2D eigenvalue weighted by Crippen LogP contribution is -2.28. The molecule has 0 aromatic rings. The first-order chi connectivity index (χ1) is 9.76. The summed E-state index contributed by atoms with van der Waals surface area (Å²) in [6, 6.07) is 0. The number of hydrogen-bond acceptors (Lipinski definition) is 2. The second-order valence-electron chi connectivity index (χ2n) is 8.76. The lowest BCUT2D eigenvalue weighted by atomic mass is 9.76. The van der Waals surface area contributed by atoms with Crippen molar-refractivity contribution in [3.8, 4) is 0 Å². The average Bonchev–Trinajstić information content (AvgIpc) is 2.24. The smallest absolute Gasteiger partial charge is 0.309 e. The highest BCUT2D eigenvalue weighted by Gasteiger charge is 2.31. The van der Waals surface area contributed by atoms with E-state index in [1.54, 1.807) is 13.8 Å². The Morgan fingerprint density at radius 1 is 0.909 bits per heavy atom. The molecular formula is C18H34O4. The van der Waals surface area contributed by atoms with E-state index in [0.29, 0.717) is 12.8 Å². The zero-order valence-corrected chi connectivity index (χ0v) is 15.3. The number of carbonyl (C=O) groups is 2. The summed E-state index contributed by atoms with van der Waals surface area (Å²) >= 11 is 0. The first-order valence-corrected chi connectivity index (χ1v) is 8.22. The van der Waals surface area contributed by atoms with Gasteiger partial charge >= 0.3 is 11.9 Å². The van der Waals surface area contributed by atoms with Gasteiger partial charge in [0.05, 0.1) is 11.3 Å². The fraction of sp³-hybridized carbons (Fsp3) is 0.889. The summed E-state index contributed by atoms with van der Waals surface area (Å²) in [6.45, 7) is 13.8. The van der Waals surface area contributed by atoms with E-state index in [2.05, 4.69) is 20.8 Å².